The van der Waals surface area contributed by atoms with Crippen LogP contribution in [0.5, 0.6) is 5.75 Å². The molecular weight excluding hydrogens is 454 g/mol. The minimum Gasteiger partial charge on any atom is -0.490 e. The van der Waals surface area contributed by atoms with Gasteiger partial charge in [-0.1, -0.05) is 18.2 Å². The third-order valence-electron chi connectivity index (χ3n) is 5.74. The van der Waals surface area contributed by atoms with E-state index in [1.807, 2.05) is 24.3 Å². The van der Waals surface area contributed by atoms with Gasteiger partial charge in [0.05, 0.1) is 31.3 Å². The van der Waals surface area contributed by atoms with Crippen LogP contribution in [0.1, 0.15) is 17.7 Å². The van der Waals surface area contributed by atoms with Crippen molar-refractivity contribution in [2.24, 2.45) is 5.92 Å². The van der Waals surface area contributed by atoms with Crippen LogP contribution in [-0.4, -0.2) is 39.6 Å². The fourth-order valence-corrected chi connectivity index (χ4v) is 3.82. The lowest BCUT2D eigenvalue weighted by Gasteiger charge is -2.10. The molecule has 3 heterocycles. The molecule has 0 bridgehead atoms. The fourth-order valence-electron chi connectivity index (χ4n) is 3.82. The van der Waals surface area contributed by atoms with Gasteiger partial charge >= 0.3 is 0 Å². The fraction of sp³-hybridized carbons (Fsp3) is 0.231. The Kier molecular flexibility index (Phi) is 6.58. The zero-order valence-corrected chi connectivity index (χ0v) is 18.7. The molecule has 2 aromatic carbocycles. The normalized spacial score (nSPS) is 15.3. The molecule has 2 aromatic heterocycles. The molecule has 0 amide bonds. The van der Waals surface area contributed by atoms with Crippen molar-refractivity contribution in [1.82, 2.24) is 19.7 Å². The first-order valence-electron chi connectivity index (χ1n) is 11.2. The van der Waals surface area contributed by atoms with Crippen LogP contribution in [0, 0.1) is 17.6 Å². The summed E-state index contributed by atoms with van der Waals surface area (Å²) < 4.78 is 39.4. The van der Waals surface area contributed by atoms with E-state index in [4.69, 9.17) is 9.47 Å². The predicted molar refractivity (Wildman–Crippen MR) is 124 cm³/mol. The number of hydrogen-bond acceptors (Lipinski definition) is 6. The summed E-state index contributed by atoms with van der Waals surface area (Å²) in [4.78, 5) is 21.2. The van der Waals surface area contributed by atoms with E-state index in [0.717, 1.165) is 36.3 Å². The summed E-state index contributed by atoms with van der Waals surface area (Å²) in [5, 5.41) is 4.33. The summed E-state index contributed by atoms with van der Waals surface area (Å²) in [5.41, 5.74) is 1.96. The van der Waals surface area contributed by atoms with Gasteiger partial charge in [0.1, 0.15) is 5.69 Å². The van der Waals surface area contributed by atoms with E-state index in [1.54, 1.807) is 12.4 Å². The molecule has 1 aliphatic rings. The number of rotatable bonds is 7. The molecule has 1 atom stereocenters. The Labute approximate surface area is 200 Å². The van der Waals surface area contributed by atoms with Gasteiger partial charge in [-0.3, -0.25) is 4.79 Å². The Bertz CT molecular complexity index is 1390. The summed E-state index contributed by atoms with van der Waals surface area (Å²) in [6, 6.07) is 12.3. The second-order valence-corrected chi connectivity index (χ2v) is 8.33. The minimum atomic E-state index is -0.985. The third-order valence-corrected chi connectivity index (χ3v) is 5.74. The zero-order valence-electron chi connectivity index (χ0n) is 18.7. The van der Waals surface area contributed by atoms with Crippen LogP contribution in [0.3, 0.4) is 0 Å². The van der Waals surface area contributed by atoms with Crippen LogP contribution in [-0.2, 0) is 11.2 Å². The first-order valence-corrected chi connectivity index (χ1v) is 11.2. The van der Waals surface area contributed by atoms with E-state index in [9.17, 15) is 13.6 Å². The number of aromatic nitrogens is 4. The van der Waals surface area contributed by atoms with E-state index in [-0.39, 0.29) is 17.5 Å². The Balaban J connectivity index is 1.32. The highest BCUT2D eigenvalue weighted by Crippen LogP contribution is 2.20. The minimum absolute atomic E-state index is 0.250. The molecule has 0 aliphatic carbocycles. The van der Waals surface area contributed by atoms with Crippen molar-refractivity contribution in [3.63, 3.8) is 0 Å². The Morgan fingerprint density at radius 3 is 2.69 bits per heavy atom. The van der Waals surface area contributed by atoms with Crippen LogP contribution in [0.15, 0.2) is 71.9 Å². The molecule has 1 unspecified atom stereocenters. The topological polar surface area (TPSA) is 79.1 Å². The van der Waals surface area contributed by atoms with Gasteiger partial charge in [-0.25, -0.2) is 23.4 Å². The molecule has 0 spiro atoms. The van der Waals surface area contributed by atoms with Crippen LogP contribution in [0.25, 0.3) is 17.1 Å². The van der Waals surface area contributed by atoms with E-state index in [1.165, 1.54) is 23.0 Å². The number of benzene rings is 2. The van der Waals surface area contributed by atoms with Gasteiger partial charge < -0.3 is 9.47 Å². The van der Waals surface area contributed by atoms with Crippen molar-refractivity contribution in [3.05, 3.63) is 100 Å². The smallest absolute Gasteiger partial charge is 0.203 e. The number of nitrogens with zero attached hydrogens (tertiary/aromatic N) is 4. The molecular formula is C26H22F2N4O3. The SMILES string of the molecule is O=c1ccn(-c2ccc(F)c(F)c2)nc1Cc1cccc(-c2ncc(OCC3CCOC3)cn2)c1. The summed E-state index contributed by atoms with van der Waals surface area (Å²) in [7, 11) is 0. The standard InChI is InChI=1S/C26H22F2N4O3/c27-22-5-4-20(12-23(22)28)32-8-6-25(33)24(31-32)11-17-2-1-3-19(10-17)26-29-13-21(14-30-26)35-16-18-7-9-34-15-18/h1-6,8,10,12-14,18H,7,9,11,15-16H2. The molecule has 35 heavy (non-hydrogen) atoms. The zero-order chi connectivity index (χ0) is 24.2. The van der Waals surface area contributed by atoms with Crippen molar-refractivity contribution >= 4 is 0 Å². The third kappa shape index (κ3) is 5.41. The Morgan fingerprint density at radius 2 is 1.91 bits per heavy atom. The van der Waals surface area contributed by atoms with E-state index in [0.29, 0.717) is 36.4 Å². The summed E-state index contributed by atoms with van der Waals surface area (Å²) in [6.07, 6.45) is 5.95. The van der Waals surface area contributed by atoms with Gasteiger partial charge in [0, 0.05) is 42.8 Å². The highest BCUT2D eigenvalue weighted by molar-refractivity contribution is 5.56. The van der Waals surface area contributed by atoms with Gasteiger partial charge in [-0.2, -0.15) is 5.10 Å². The summed E-state index contributed by atoms with van der Waals surface area (Å²) >= 11 is 0. The quantitative estimate of drug-likeness (QED) is 0.402. The summed E-state index contributed by atoms with van der Waals surface area (Å²) in [6.45, 7) is 2.06. The van der Waals surface area contributed by atoms with E-state index < -0.39 is 11.6 Å². The molecule has 1 aliphatic heterocycles. The maximum absolute atomic E-state index is 13.6. The van der Waals surface area contributed by atoms with Gasteiger partial charge in [0.25, 0.3) is 0 Å². The molecule has 0 saturated carbocycles. The largest absolute Gasteiger partial charge is 0.490 e. The maximum atomic E-state index is 13.6. The Morgan fingerprint density at radius 1 is 1.06 bits per heavy atom. The lowest BCUT2D eigenvalue weighted by Crippen LogP contribution is -2.16. The van der Waals surface area contributed by atoms with Crippen LogP contribution >= 0.6 is 0 Å². The average molecular weight is 476 g/mol. The monoisotopic (exact) mass is 476 g/mol. The van der Waals surface area contributed by atoms with Crippen LogP contribution in [0.2, 0.25) is 0 Å². The van der Waals surface area contributed by atoms with Crippen molar-refractivity contribution < 1.29 is 18.3 Å². The van der Waals surface area contributed by atoms with Gasteiger partial charge in [0.15, 0.2) is 23.2 Å². The van der Waals surface area contributed by atoms with Crippen molar-refractivity contribution in [3.8, 4) is 22.8 Å². The number of hydrogen-bond donors (Lipinski definition) is 0. The maximum Gasteiger partial charge on any atom is 0.203 e. The van der Waals surface area contributed by atoms with Crippen molar-refractivity contribution in [2.45, 2.75) is 12.8 Å². The number of halogens is 2. The number of ether oxygens (including phenoxy) is 2. The van der Waals surface area contributed by atoms with Gasteiger partial charge in [0.2, 0.25) is 5.43 Å². The second-order valence-electron chi connectivity index (χ2n) is 8.33. The second kappa shape index (κ2) is 10.1. The highest BCUT2D eigenvalue weighted by atomic mass is 19.2. The predicted octanol–water partition coefficient (Wildman–Crippen LogP) is 3.97. The van der Waals surface area contributed by atoms with E-state index in [2.05, 4.69) is 15.1 Å². The highest BCUT2D eigenvalue weighted by Gasteiger charge is 2.16. The van der Waals surface area contributed by atoms with Gasteiger partial charge in [-0.15, -0.1) is 0 Å². The summed E-state index contributed by atoms with van der Waals surface area (Å²) in [5.74, 6) is -0.408. The molecule has 0 radical (unpaired) electrons. The lowest BCUT2D eigenvalue weighted by atomic mass is 10.1. The van der Waals surface area contributed by atoms with Crippen LogP contribution < -0.4 is 10.2 Å². The first kappa shape index (κ1) is 22.8. The molecule has 5 rings (SSSR count). The van der Waals surface area contributed by atoms with Crippen molar-refractivity contribution in [1.29, 1.82) is 0 Å². The lowest BCUT2D eigenvalue weighted by molar-refractivity contribution is 0.167. The molecule has 1 saturated heterocycles. The molecule has 0 N–H and O–H groups in total. The molecule has 178 valence electrons. The Hall–Kier alpha value is -3.98. The van der Waals surface area contributed by atoms with Gasteiger partial charge in [-0.05, 0) is 30.2 Å². The van der Waals surface area contributed by atoms with Crippen LogP contribution in [0.4, 0.5) is 8.78 Å². The molecule has 7 nitrogen and oxygen atoms in total. The average Bonchev–Trinajstić information content (AvgIpc) is 3.40. The molecule has 1 fully saturated rings. The first-order chi connectivity index (χ1) is 17.0. The van der Waals surface area contributed by atoms with E-state index >= 15 is 0 Å². The van der Waals surface area contributed by atoms with Crippen molar-refractivity contribution in [2.75, 3.05) is 19.8 Å². The molecule has 4 aromatic rings. The molecule has 9 heteroatoms.